The van der Waals surface area contributed by atoms with E-state index < -0.39 is 16.3 Å². The zero-order valence-electron chi connectivity index (χ0n) is 17.8. The number of morpholine rings is 1. The van der Waals surface area contributed by atoms with Crippen LogP contribution in [0.5, 0.6) is 0 Å². The second kappa shape index (κ2) is 8.70. The summed E-state index contributed by atoms with van der Waals surface area (Å²) in [4.78, 5) is 21.2. The van der Waals surface area contributed by atoms with Crippen LogP contribution in [0, 0.1) is 0 Å². The van der Waals surface area contributed by atoms with E-state index in [1.807, 2.05) is 18.7 Å². The van der Waals surface area contributed by atoms with Gasteiger partial charge in [0.2, 0.25) is 11.9 Å². The number of rotatable bonds is 4. The van der Waals surface area contributed by atoms with Gasteiger partial charge in [0.1, 0.15) is 5.82 Å². The van der Waals surface area contributed by atoms with Gasteiger partial charge in [0, 0.05) is 30.4 Å². The van der Waals surface area contributed by atoms with Crippen molar-refractivity contribution in [2.45, 2.75) is 32.4 Å². The lowest BCUT2D eigenvalue weighted by Gasteiger charge is -2.39. The highest BCUT2D eigenvalue weighted by Crippen LogP contribution is 2.32. The zero-order chi connectivity index (χ0) is 23.0. The molecule has 0 radical (unpaired) electrons. The molecule has 2 N–H and O–H groups in total. The van der Waals surface area contributed by atoms with Gasteiger partial charge in [0.25, 0.3) is 6.43 Å². The first-order valence-corrected chi connectivity index (χ1v) is 12.1. The van der Waals surface area contributed by atoms with Crippen LogP contribution in [-0.2, 0) is 14.6 Å². The van der Waals surface area contributed by atoms with Crippen molar-refractivity contribution in [3.63, 3.8) is 0 Å². The average molecular weight is 470 g/mol. The van der Waals surface area contributed by atoms with Crippen molar-refractivity contribution in [1.82, 2.24) is 19.9 Å². The van der Waals surface area contributed by atoms with Crippen LogP contribution >= 0.6 is 0 Å². The van der Waals surface area contributed by atoms with E-state index in [0.717, 1.165) is 6.07 Å². The van der Waals surface area contributed by atoms with Gasteiger partial charge in [-0.3, -0.25) is 0 Å². The van der Waals surface area contributed by atoms with E-state index in [-0.39, 0.29) is 65.4 Å². The molecule has 0 saturated carbocycles. The molecule has 4 rings (SSSR count). The number of hydrogen-bond donors (Lipinski definition) is 1. The van der Waals surface area contributed by atoms with Crippen LogP contribution in [-0.4, -0.2) is 78.2 Å². The van der Waals surface area contributed by atoms with E-state index in [4.69, 9.17) is 10.5 Å². The molecule has 0 bridgehead atoms. The number of ether oxygens (including phenoxy) is 1. The first-order valence-electron chi connectivity index (χ1n) is 10.3. The van der Waals surface area contributed by atoms with Gasteiger partial charge in [0.15, 0.2) is 15.7 Å². The average Bonchev–Trinajstić information content (AvgIpc) is 2.73. The summed E-state index contributed by atoms with van der Waals surface area (Å²) in [7, 11) is -3.12. The number of anilines is 3. The Bertz CT molecular complexity index is 1080. The first-order chi connectivity index (χ1) is 15.1. The minimum absolute atomic E-state index is 0.0284. The van der Waals surface area contributed by atoms with Crippen molar-refractivity contribution < 1.29 is 21.9 Å². The Morgan fingerprint density at radius 3 is 2.34 bits per heavy atom. The normalized spacial score (nSPS) is 23.5. The van der Waals surface area contributed by atoms with Crippen molar-refractivity contribution >= 4 is 27.6 Å². The summed E-state index contributed by atoms with van der Waals surface area (Å²) in [5.41, 5.74) is 5.34. The SMILES string of the molecule is C[C@@H]1COC[C@H](C)N1c1nc(-c2cnc(N)cc2C(F)F)nc(N2CCS(=O)(=O)CC2)n1. The molecule has 2 aliphatic rings. The fraction of sp³-hybridized carbons (Fsp3) is 0.579. The minimum Gasteiger partial charge on any atom is -0.384 e. The molecule has 4 heterocycles. The molecule has 0 amide bonds. The largest absolute Gasteiger partial charge is 0.384 e. The molecular formula is C19H25F2N7O3S. The Labute approximate surface area is 184 Å². The van der Waals surface area contributed by atoms with Crippen LogP contribution in [0.3, 0.4) is 0 Å². The number of nitrogen functional groups attached to an aromatic ring is 1. The van der Waals surface area contributed by atoms with Crippen LogP contribution < -0.4 is 15.5 Å². The molecule has 2 fully saturated rings. The van der Waals surface area contributed by atoms with Gasteiger partial charge < -0.3 is 20.3 Å². The number of nitrogens with two attached hydrogens (primary N) is 1. The molecule has 10 nitrogen and oxygen atoms in total. The Balaban J connectivity index is 1.83. The number of hydrogen-bond acceptors (Lipinski definition) is 10. The molecule has 32 heavy (non-hydrogen) atoms. The van der Waals surface area contributed by atoms with Gasteiger partial charge in [-0.2, -0.15) is 15.0 Å². The van der Waals surface area contributed by atoms with Gasteiger partial charge >= 0.3 is 0 Å². The minimum atomic E-state index is -3.12. The van der Waals surface area contributed by atoms with Gasteiger partial charge in [-0.05, 0) is 19.9 Å². The highest BCUT2D eigenvalue weighted by molar-refractivity contribution is 7.91. The van der Waals surface area contributed by atoms with E-state index in [0.29, 0.717) is 19.2 Å². The molecule has 2 atom stereocenters. The molecule has 0 aromatic carbocycles. The van der Waals surface area contributed by atoms with Crippen molar-refractivity contribution in [3.8, 4) is 11.4 Å². The maximum atomic E-state index is 13.8. The van der Waals surface area contributed by atoms with E-state index in [1.165, 1.54) is 6.20 Å². The van der Waals surface area contributed by atoms with Gasteiger partial charge in [-0.15, -0.1) is 0 Å². The van der Waals surface area contributed by atoms with E-state index in [9.17, 15) is 17.2 Å². The fourth-order valence-corrected chi connectivity index (χ4v) is 5.10. The van der Waals surface area contributed by atoms with Crippen LogP contribution in [0.4, 0.5) is 26.5 Å². The second-order valence-electron chi connectivity index (χ2n) is 8.04. The third kappa shape index (κ3) is 4.58. The van der Waals surface area contributed by atoms with Crippen LogP contribution in [0.2, 0.25) is 0 Å². The molecule has 0 spiro atoms. The molecule has 174 valence electrons. The van der Waals surface area contributed by atoms with Crippen molar-refractivity contribution in [2.24, 2.45) is 0 Å². The predicted molar refractivity (Wildman–Crippen MR) is 116 cm³/mol. The Morgan fingerprint density at radius 1 is 1.09 bits per heavy atom. The summed E-state index contributed by atoms with van der Waals surface area (Å²) >= 11 is 0. The standard InChI is InChI=1S/C19H25F2N7O3S/c1-11-9-31-10-12(2)28(11)19-25-17(14-8-23-15(22)7-13(14)16(20)21)24-18(26-19)27-3-5-32(29,30)6-4-27/h7-8,11-12,16H,3-6,9-10H2,1-2H3,(H2,22,23)/t11-,12+. The number of alkyl halides is 2. The third-order valence-corrected chi connectivity index (χ3v) is 7.18. The molecule has 2 aliphatic heterocycles. The molecule has 2 saturated heterocycles. The highest BCUT2D eigenvalue weighted by atomic mass is 32.2. The monoisotopic (exact) mass is 469 g/mol. The summed E-state index contributed by atoms with van der Waals surface area (Å²) in [6.07, 6.45) is -1.58. The predicted octanol–water partition coefficient (Wildman–Crippen LogP) is 1.30. The summed E-state index contributed by atoms with van der Waals surface area (Å²) in [6.45, 7) is 5.27. The quantitative estimate of drug-likeness (QED) is 0.700. The lowest BCUT2D eigenvalue weighted by Crippen LogP contribution is -2.51. The summed E-state index contributed by atoms with van der Waals surface area (Å²) in [5.74, 6) is 0.502. The Hall–Kier alpha value is -2.67. The van der Waals surface area contributed by atoms with Gasteiger partial charge in [-0.25, -0.2) is 22.2 Å². The van der Waals surface area contributed by atoms with Crippen molar-refractivity contribution in [3.05, 3.63) is 17.8 Å². The molecule has 2 aromatic heterocycles. The Kier molecular flexibility index (Phi) is 6.12. The maximum absolute atomic E-state index is 13.8. The molecular weight excluding hydrogens is 444 g/mol. The van der Waals surface area contributed by atoms with Crippen LogP contribution in [0.1, 0.15) is 25.8 Å². The van der Waals surface area contributed by atoms with E-state index in [1.54, 1.807) is 4.90 Å². The summed E-state index contributed by atoms with van der Waals surface area (Å²) in [6, 6.07) is 1.00. The lowest BCUT2D eigenvalue weighted by molar-refractivity contribution is 0.0747. The second-order valence-corrected chi connectivity index (χ2v) is 10.3. The summed E-state index contributed by atoms with van der Waals surface area (Å²) in [5, 5.41) is 0. The zero-order valence-corrected chi connectivity index (χ0v) is 18.6. The molecule has 0 aliphatic carbocycles. The Morgan fingerprint density at radius 2 is 1.72 bits per heavy atom. The first kappa shape index (κ1) is 22.5. The molecule has 2 aromatic rings. The van der Waals surface area contributed by atoms with Gasteiger partial charge in [0.05, 0.1) is 36.8 Å². The van der Waals surface area contributed by atoms with Gasteiger partial charge in [-0.1, -0.05) is 0 Å². The van der Waals surface area contributed by atoms with Crippen molar-refractivity contribution in [2.75, 3.05) is 53.3 Å². The highest BCUT2D eigenvalue weighted by Gasteiger charge is 2.31. The lowest BCUT2D eigenvalue weighted by atomic mass is 10.1. The number of sulfone groups is 1. The van der Waals surface area contributed by atoms with Crippen molar-refractivity contribution in [1.29, 1.82) is 0 Å². The topological polar surface area (TPSA) is 127 Å². The number of aromatic nitrogens is 4. The van der Waals surface area contributed by atoms with Crippen LogP contribution in [0.25, 0.3) is 11.4 Å². The van der Waals surface area contributed by atoms with E-state index in [2.05, 4.69) is 19.9 Å². The number of halogens is 2. The maximum Gasteiger partial charge on any atom is 0.264 e. The van der Waals surface area contributed by atoms with E-state index >= 15 is 0 Å². The fourth-order valence-electron chi connectivity index (χ4n) is 3.90. The molecule has 13 heteroatoms. The third-order valence-electron chi connectivity index (χ3n) is 5.57. The van der Waals surface area contributed by atoms with Crippen LogP contribution in [0.15, 0.2) is 12.3 Å². The smallest absolute Gasteiger partial charge is 0.264 e. The molecule has 0 unspecified atom stereocenters. The number of nitrogens with zero attached hydrogens (tertiary/aromatic N) is 6. The number of pyridine rings is 1. The summed E-state index contributed by atoms with van der Waals surface area (Å²) < 4.78 is 56.8.